The van der Waals surface area contributed by atoms with Gasteiger partial charge >= 0.3 is 0 Å². The second-order valence-electron chi connectivity index (χ2n) is 4.71. The summed E-state index contributed by atoms with van der Waals surface area (Å²) in [5.41, 5.74) is 6.85. The molecule has 2 N–H and O–H groups in total. The van der Waals surface area contributed by atoms with E-state index in [2.05, 4.69) is 40.3 Å². The molecule has 0 saturated heterocycles. The highest BCUT2D eigenvalue weighted by atomic mass is 79.9. The number of nitrogens with zero attached hydrogens (tertiary/aromatic N) is 1. The SMILES string of the molecule is COc1cc(Br)cc(/C=N/Nc2ccc(C)c(C)c2)c1O. The van der Waals surface area contributed by atoms with Crippen LogP contribution in [0, 0.1) is 13.8 Å². The van der Waals surface area contributed by atoms with Crippen LogP contribution in [0.5, 0.6) is 11.5 Å². The quantitative estimate of drug-likeness (QED) is 0.642. The topological polar surface area (TPSA) is 53.8 Å². The van der Waals surface area contributed by atoms with Gasteiger partial charge in [-0.3, -0.25) is 5.43 Å². The van der Waals surface area contributed by atoms with Crippen LogP contribution in [0.25, 0.3) is 0 Å². The summed E-state index contributed by atoms with van der Waals surface area (Å²) in [6.07, 6.45) is 1.55. The van der Waals surface area contributed by atoms with Crippen LogP contribution < -0.4 is 10.2 Å². The first kappa shape index (κ1) is 15.4. The van der Waals surface area contributed by atoms with Crippen LogP contribution in [0.3, 0.4) is 0 Å². The molecule has 21 heavy (non-hydrogen) atoms. The molecule has 4 nitrogen and oxygen atoms in total. The number of ether oxygens (including phenoxy) is 1. The number of halogens is 1. The van der Waals surface area contributed by atoms with Crippen LogP contribution >= 0.6 is 15.9 Å². The van der Waals surface area contributed by atoms with E-state index < -0.39 is 0 Å². The number of methoxy groups -OCH3 is 1. The van der Waals surface area contributed by atoms with Crippen molar-refractivity contribution in [1.82, 2.24) is 0 Å². The molecule has 0 aliphatic carbocycles. The van der Waals surface area contributed by atoms with Crippen LogP contribution in [0.15, 0.2) is 39.9 Å². The number of phenols is 1. The Balaban J connectivity index is 2.18. The summed E-state index contributed by atoms with van der Waals surface area (Å²) in [5, 5.41) is 14.2. The van der Waals surface area contributed by atoms with E-state index in [1.165, 1.54) is 18.2 Å². The van der Waals surface area contributed by atoms with Crippen molar-refractivity contribution < 1.29 is 9.84 Å². The van der Waals surface area contributed by atoms with Crippen LogP contribution in [-0.4, -0.2) is 18.4 Å². The van der Waals surface area contributed by atoms with Crippen molar-refractivity contribution in [2.45, 2.75) is 13.8 Å². The summed E-state index contributed by atoms with van der Waals surface area (Å²) in [7, 11) is 1.51. The number of aryl methyl sites for hydroxylation is 2. The maximum atomic E-state index is 10.0. The average molecular weight is 349 g/mol. The molecule has 2 aromatic carbocycles. The van der Waals surface area contributed by atoms with Gasteiger partial charge in [0.2, 0.25) is 0 Å². The fourth-order valence-corrected chi connectivity index (χ4v) is 2.29. The van der Waals surface area contributed by atoms with E-state index in [-0.39, 0.29) is 5.75 Å². The molecule has 0 aliphatic heterocycles. The average Bonchev–Trinajstić information content (AvgIpc) is 2.46. The monoisotopic (exact) mass is 348 g/mol. The number of hydrazone groups is 1. The third-order valence-corrected chi connectivity index (χ3v) is 3.65. The van der Waals surface area contributed by atoms with Crippen molar-refractivity contribution in [3.8, 4) is 11.5 Å². The molecule has 0 atom stereocenters. The van der Waals surface area contributed by atoms with Crippen molar-refractivity contribution in [3.05, 3.63) is 51.5 Å². The van der Waals surface area contributed by atoms with Gasteiger partial charge in [-0.2, -0.15) is 5.10 Å². The van der Waals surface area contributed by atoms with Gasteiger partial charge in [-0.15, -0.1) is 0 Å². The first-order valence-electron chi connectivity index (χ1n) is 6.44. The van der Waals surface area contributed by atoms with Crippen molar-refractivity contribution in [3.63, 3.8) is 0 Å². The van der Waals surface area contributed by atoms with Gasteiger partial charge in [0.25, 0.3) is 0 Å². The summed E-state index contributed by atoms with van der Waals surface area (Å²) in [5.74, 6) is 0.461. The normalized spacial score (nSPS) is 10.9. The van der Waals surface area contributed by atoms with Gasteiger partial charge in [-0.05, 0) is 49.2 Å². The van der Waals surface area contributed by atoms with Gasteiger partial charge < -0.3 is 9.84 Å². The minimum atomic E-state index is 0.0614. The molecule has 5 heteroatoms. The summed E-state index contributed by atoms with van der Waals surface area (Å²) in [6, 6.07) is 9.48. The Labute approximate surface area is 132 Å². The number of hydrogen-bond donors (Lipinski definition) is 2. The number of hydrogen-bond acceptors (Lipinski definition) is 4. The minimum Gasteiger partial charge on any atom is -0.504 e. The first-order chi connectivity index (χ1) is 10.0. The number of rotatable bonds is 4. The van der Waals surface area contributed by atoms with Crippen molar-refractivity contribution >= 4 is 27.8 Å². The Bertz CT molecular complexity index is 684. The van der Waals surface area contributed by atoms with Gasteiger partial charge in [-0.25, -0.2) is 0 Å². The molecule has 0 aromatic heterocycles. The Hall–Kier alpha value is -2.01. The zero-order valence-corrected chi connectivity index (χ0v) is 13.7. The van der Waals surface area contributed by atoms with Crippen LogP contribution in [-0.2, 0) is 0 Å². The van der Waals surface area contributed by atoms with E-state index in [0.717, 1.165) is 10.2 Å². The highest BCUT2D eigenvalue weighted by Crippen LogP contribution is 2.32. The molecule has 0 fully saturated rings. The number of aromatic hydroxyl groups is 1. The van der Waals surface area contributed by atoms with Crippen LogP contribution in [0.2, 0.25) is 0 Å². The molecular weight excluding hydrogens is 332 g/mol. The van der Waals surface area contributed by atoms with E-state index in [4.69, 9.17) is 4.74 Å². The third-order valence-electron chi connectivity index (χ3n) is 3.19. The summed E-state index contributed by atoms with van der Waals surface area (Å²) < 4.78 is 5.91. The minimum absolute atomic E-state index is 0.0614. The second kappa shape index (κ2) is 6.63. The lowest BCUT2D eigenvalue weighted by Crippen LogP contribution is -1.94. The van der Waals surface area contributed by atoms with E-state index in [0.29, 0.717) is 11.3 Å². The molecule has 0 spiro atoms. The molecule has 0 heterocycles. The van der Waals surface area contributed by atoms with Crippen molar-refractivity contribution in [2.24, 2.45) is 5.10 Å². The molecule has 0 radical (unpaired) electrons. The molecule has 0 unspecified atom stereocenters. The van der Waals surface area contributed by atoms with Crippen LogP contribution in [0.4, 0.5) is 5.69 Å². The molecule has 2 rings (SSSR count). The fraction of sp³-hybridized carbons (Fsp3) is 0.188. The lowest BCUT2D eigenvalue weighted by Gasteiger charge is -2.07. The van der Waals surface area contributed by atoms with Gasteiger partial charge in [-0.1, -0.05) is 22.0 Å². The van der Waals surface area contributed by atoms with Crippen molar-refractivity contribution in [1.29, 1.82) is 0 Å². The first-order valence-corrected chi connectivity index (χ1v) is 7.23. The van der Waals surface area contributed by atoms with E-state index in [9.17, 15) is 5.11 Å². The fourth-order valence-electron chi connectivity index (χ4n) is 1.84. The standard InChI is InChI=1S/C16H17BrN2O2/c1-10-4-5-14(6-11(10)2)19-18-9-12-7-13(17)8-15(21-3)16(12)20/h4-9,19-20H,1-3H3/b18-9+. The molecule has 0 bridgehead atoms. The highest BCUT2D eigenvalue weighted by molar-refractivity contribution is 9.10. The molecule has 110 valence electrons. The maximum absolute atomic E-state index is 10.0. The van der Waals surface area contributed by atoms with Gasteiger partial charge in [0.1, 0.15) is 0 Å². The molecule has 2 aromatic rings. The summed E-state index contributed by atoms with van der Waals surface area (Å²) in [4.78, 5) is 0. The zero-order valence-electron chi connectivity index (χ0n) is 12.1. The second-order valence-corrected chi connectivity index (χ2v) is 5.63. The smallest absolute Gasteiger partial charge is 0.166 e. The number of nitrogens with one attached hydrogen (secondary N) is 1. The number of phenolic OH excluding ortho intramolecular Hbond substituents is 1. The van der Waals surface area contributed by atoms with E-state index in [1.807, 2.05) is 18.2 Å². The van der Waals surface area contributed by atoms with Gasteiger partial charge in [0, 0.05) is 10.0 Å². The van der Waals surface area contributed by atoms with Gasteiger partial charge in [0.05, 0.1) is 19.0 Å². The van der Waals surface area contributed by atoms with E-state index >= 15 is 0 Å². The highest BCUT2D eigenvalue weighted by Gasteiger charge is 2.07. The molecule has 0 amide bonds. The molecule has 0 saturated carbocycles. The molecule has 0 aliphatic rings. The van der Waals surface area contributed by atoms with E-state index in [1.54, 1.807) is 18.3 Å². The number of anilines is 1. The van der Waals surface area contributed by atoms with Gasteiger partial charge in [0.15, 0.2) is 11.5 Å². The maximum Gasteiger partial charge on any atom is 0.166 e. The predicted molar refractivity (Wildman–Crippen MR) is 89.5 cm³/mol. The summed E-state index contributed by atoms with van der Waals surface area (Å²) >= 11 is 3.37. The Morgan fingerprint density at radius 1 is 1.19 bits per heavy atom. The summed E-state index contributed by atoms with van der Waals surface area (Å²) in [6.45, 7) is 4.11. The van der Waals surface area contributed by atoms with Crippen LogP contribution in [0.1, 0.15) is 16.7 Å². The Kier molecular flexibility index (Phi) is 4.85. The zero-order chi connectivity index (χ0) is 15.4. The predicted octanol–water partition coefficient (Wildman–Crippen LogP) is 4.23. The third kappa shape index (κ3) is 3.76. The Morgan fingerprint density at radius 2 is 1.95 bits per heavy atom. The number of benzene rings is 2. The lowest BCUT2D eigenvalue weighted by molar-refractivity contribution is 0.373. The van der Waals surface area contributed by atoms with Crippen molar-refractivity contribution in [2.75, 3.05) is 12.5 Å². The molecular formula is C16H17BrN2O2. The lowest BCUT2D eigenvalue weighted by atomic mass is 10.1. The Morgan fingerprint density at radius 3 is 2.62 bits per heavy atom. The largest absolute Gasteiger partial charge is 0.504 e.